The third-order valence-electron chi connectivity index (χ3n) is 2.15. The zero-order valence-corrected chi connectivity index (χ0v) is 10.0. The maximum Gasteiger partial charge on any atom is 0.307 e. The highest BCUT2D eigenvalue weighted by Crippen LogP contribution is 2.17. The van der Waals surface area contributed by atoms with Gasteiger partial charge in [0, 0.05) is 11.1 Å². The van der Waals surface area contributed by atoms with Crippen molar-refractivity contribution in [1.29, 1.82) is 0 Å². The topological polar surface area (TPSA) is 52.3 Å². The molecule has 0 heterocycles. The van der Waals surface area contributed by atoms with Crippen LogP contribution in [0.1, 0.15) is 31.4 Å². The summed E-state index contributed by atoms with van der Waals surface area (Å²) in [4.78, 5) is 11.3. The summed E-state index contributed by atoms with van der Waals surface area (Å²) in [6, 6.07) is 6.82. The summed E-state index contributed by atoms with van der Waals surface area (Å²) in [5.74, 6) is -0.260. The Morgan fingerprint density at radius 1 is 1.44 bits per heavy atom. The molecule has 0 saturated carbocycles. The molecular weight excluding hydrogens is 226 g/mol. The molecule has 0 aliphatic carbocycles. The van der Waals surface area contributed by atoms with Crippen LogP contribution in [-0.2, 0) is 9.53 Å². The third-order valence-corrected chi connectivity index (χ3v) is 2.40. The van der Waals surface area contributed by atoms with E-state index in [1.54, 1.807) is 12.1 Å². The lowest BCUT2D eigenvalue weighted by atomic mass is 10.1. The van der Waals surface area contributed by atoms with Crippen LogP contribution in [0.4, 0.5) is 0 Å². The van der Waals surface area contributed by atoms with Crippen molar-refractivity contribution in [1.82, 2.24) is 0 Å². The lowest BCUT2D eigenvalue weighted by Gasteiger charge is -2.11. The van der Waals surface area contributed by atoms with Gasteiger partial charge in [0.25, 0.3) is 0 Å². The van der Waals surface area contributed by atoms with Crippen LogP contribution < -0.4 is 5.73 Å². The van der Waals surface area contributed by atoms with Gasteiger partial charge in [0.05, 0.1) is 13.0 Å². The molecule has 1 aromatic carbocycles. The van der Waals surface area contributed by atoms with Crippen molar-refractivity contribution in [3.05, 3.63) is 34.9 Å². The van der Waals surface area contributed by atoms with Crippen LogP contribution in [0.25, 0.3) is 0 Å². The molecule has 1 unspecified atom stereocenters. The molecule has 3 nitrogen and oxygen atoms in total. The molecule has 0 aliphatic heterocycles. The lowest BCUT2D eigenvalue weighted by molar-refractivity contribution is -0.144. The van der Waals surface area contributed by atoms with Gasteiger partial charge < -0.3 is 10.5 Å². The molecule has 0 spiro atoms. The fourth-order valence-electron chi connectivity index (χ4n) is 1.28. The number of benzene rings is 1. The Hall–Kier alpha value is -1.06. The van der Waals surface area contributed by atoms with Crippen LogP contribution in [0.5, 0.6) is 0 Å². The molecule has 0 amide bonds. The number of halogens is 1. The average Bonchev–Trinajstić information content (AvgIpc) is 2.27. The number of nitrogens with two attached hydrogens (primary N) is 1. The van der Waals surface area contributed by atoms with E-state index in [1.165, 1.54) is 0 Å². The molecule has 1 aromatic rings. The summed E-state index contributed by atoms with van der Waals surface area (Å²) >= 11 is 5.76. The molecule has 0 bridgehead atoms. The highest BCUT2D eigenvalue weighted by Gasteiger charge is 2.12. The second-order valence-corrected chi connectivity index (χ2v) is 4.02. The molecule has 0 aliphatic rings. The van der Waals surface area contributed by atoms with E-state index < -0.39 is 0 Å². The van der Waals surface area contributed by atoms with Crippen LogP contribution in [0.3, 0.4) is 0 Å². The van der Waals surface area contributed by atoms with Crippen LogP contribution in [-0.4, -0.2) is 12.6 Å². The number of carbonyl (C=O) groups excluding carboxylic acids is 1. The van der Waals surface area contributed by atoms with E-state index in [4.69, 9.17) is 22.1 Å². The lowest BCUT2D eigenvalue weighted by Crippen LogP contribution is -2.17. The van der Waals surface area contributed by atoms with Gasteiger partial charge in [0.1, 0.15) is 0 Å². The highest BCUT2D eigenvalue weighted by molar-refractivity contribution is 6.30. The van der Waals surface area contributed by atoms with Crippen molar-refractivity contribution in [2.75, 3.05) is 6.61 Å². The first-order valence-electron chi connectivity index (χ1n) is 5.30. The van der Waals surface area contributed by atoms with Crippen LogP contribution in [0.15, 0.2) is 24.3 Å². The minimum atomic E-state index is -0.332. The minimum Gasteiger partial charge on any atom is -0.466 e. The second kappa shape index (κ2) is 6.51. The van der Waals surface area contributed by atoms with Crippen molar-refractivity contribution in [3.8, 4) is 0 Å². The fourth-order valence-corrected chi connectivity index (χ4v) is 1.41. The van der Waals surface area contributed by atoms with Crippen LogP contribution in [0, 0.1) is 0 Å². The van der Waals surface area contributed by atoms with Gasteiger partial charge in [0.15, 0.2) is 0 Å². The Kier molecular flexibility index (Phi) is 5.29. The van der Waals surface area contributed by atoms with Gasteiger partial charge >= 0.3 is 5.97 Å². The first-order valence-corrected chi connectivity index (χ1v) is 5.68. The molecule has 0 fully saturated rings. The zero-order valence-electron chi connectivity index (χ0n) is 9.28. The molecule has 4 heteroatoms. The molecule has 16 heavy (non-hydrogen) atoms. The SMILES string of the molecule is CCCOC(=O)CC(N)c1ccc(Cl)cc1. The summed E-state index contributed by atoms with van der Waals surface area (Å²) < 4.78 is 4.96. The minimum absolute atomic E-state index is 0.196. The Labute approximate surface area is 101 Å². The van der Waals surface area contributed by atoms with Gasteiger partial charge in [-0.15, -0.1) is 0 Å². The van der Waals surface area contributed by atoms with Gasteiger partial charge in [-0.25, -0.2) is 0 Å². The van der Waals surface area contributed by atoms with E-state index in [0.717, 1.165) is 12.0 Å². The molecule has 2 N–H and O–H groups in total. The molecule has 88 valence electrons. The summed E-state index contributed by atoms with van der Waals surface area (Å²) in [7, 11) is 0. The number of hydrogen-bond donors (Lipinski definition) is 1. The second-order valence-electron chi connectivity index (χ2n) is 3.58. The third kappa shape index (κ3) is 4.21. The Morgan fingerprint density at radius 3 is 2.62 bits per heavy atom. The molecule has 0 radical (unpaired) electrons. The average molecular weight is 242 g/mol. The molecular formula is C12H16ClNO2. The number of hydrogen-bond acceptors (Lipinski definition) is 3. The van der Waals surface area contributed by atoms with Gasteiger partial charge in [-0.2, -0.15) is 0 Å². The van der Waals surface area contributed by atoms with Crippen molar-refractivity contribution >= 4 is 17.6 Å². The summed E-state index contributed by atoms with van der Waals surface area (Å²) in [5.41, 5.74) is 6.76. The largest absolute Gasteiger partial charge is 0.466 e. The smallest absolute Gasteiger partial charge is 0.307 e. The maximum atomic E-state index is 11.3. The number of carbonyl (C=O) groups is 1. The van der Waals surface area contributed by atoms with Crippen molar-refractivity contribution < 1.29 is 9.53 Å². The molecule has 1 rings (SSSR count). The zero-order chi connectivity index (χ0) is 12.0. The van der Waals surface area contributed by atoms with Gasteiger partial charge in [-0.05, 0) is 24.1 Å². The highest BCUT2D eigenvalue weighted by atomic mass is 35.5. The molecule has 0 aromatic heterocycles. The number of ether oxygens (including phenoxy) is 1. The van der Waals surface area contributed by atoms with Gasteiger partial charge in [-0.3, -0.25) is 4.79 Å². The van der Waals surface area contributed by atoms with Crippen LogP contribution >= 0.6 is 11.6 Å². The number of esters is 1. The predicted molar refractivity (Wildman–Crippen MR) is 64.2 cm³/mol. The van der Waals surface area contributed by atoms with E-state index in [1.807, 2.05) is 19.1 Å². The first kappa shape index (κ1) is 13.0. The van der Waals surface area contributed by atoms with E-state index in [0.29, 0.717) is 11.6 Å². The summed E-state index contributed by atoms with van der Waals surface area (Å²) in [6.07, 6.45) is 1.02. The number of rotatable bonds is 5. The van der Waals surface area contributed by atoms with Crippen LogP contribution in [0.2, 0.25) is 5.02 Å². The van der Waals surface area contributed by atoms with E-state index in [-0.39, 0.29) is 18.4 Å². The van der Waals surface area contributed by atoms with E-state index in [9.17, 15) is 4.79 Å². The van der Waals surface area contributed by atoms with Crippen molar-refractivity contribution in [2.24, 2.45) is 5.73 Å². The maximum absolute atomic E-state index is 11.3. The first-order chi connectivity index (χ1) is 7.63. The Bertz CT molecular complexity index is 337. The Balaban J connectivity index is 2.48. The van der Waals surface area contributed by atoms with E-state index >= 15 is 0 Å². The van der Waals surface area contributed by atoms with Crippen molar-refractivity contribution in [3.63, 3.8) is 0 Å². The normalized spacial score (nSPS) is 12.2. The fraction of sp³-hybridized carbons (Fsp3) is 0.417. The van der Waals surface area contributed by atoms with E-state index in [2.05, 4.69) is 0 Å². The Morgan fingerprint density at radius 2 is 2.06 bits per heavy atom. The standard InChI is InChI=1S/C12H16ClNO2/c1-2-7-16-12(15)8-11(14)9-3-5-10(13)6-4-9/h3-6,11H,2,7-8,14H2,1H3. The summed E-state index contributed by atoms with van der Waals surface area (Å²) in [5, 5.41) is 0.657. The van der Waals surface area contributed by atoms with Crippen molar-refractivity contribution in [2.45, 2.75) is 25.8 Å². The van der Waals surface area contributed by atoms with Gasteiger partial charge in [-0.1, -0.05) is 30.7 Å². The predicted octanol–water partition coefficient (Wildman–Crippen LogP) is 2.68. The molecule has 0 saturated heterocycles. The molecule has 1 atom stereocenters. The quantitative estimate of drug-likeness (QED) is 0.807. The summed E-state index contributed by atoms with van der Waals surface area (Å²) in [6.45, 7) is 2.40. The monoisotopic (exact) mass is 241 g/mol. The van der Waals surface area contributed by atoms with Gasteiger partial charge in [0.2, 0.25) is 0 Å².